The Labute approximate surface area is 173 Å². The average molecular weight is 402 g/mol. The summed E-state index contributed by atoms with van der Waals surface area (Å²) >= 11 is 0. The fourth-order valence-corrected chi connectivity index (χ4v) is 3.99. The van der Waals surface area contributed by atoms with Crippen LogP contribution in [0.5, 0.6) is 0 Å². The van der Waals surface area contributed by atoms with Crippen LogP contribution < -0.4 is 5.32 Å². The third-order valence-electron chi connectivity index (χ3n) is 5.48. The Kier molecular flexibility index (Phi) is 7.30. The van der Waals surface area contributed by atoms with Crippen molar-refractivity contribution in [3.05, 3.63) is 34.5 Å². The van der Waals surface area contributed by atoms with Crippen LogP contribution in [0.15, 0.2) is 15.6 Å². The van der Waals surface area contributed by atoms with Gasteiger partial charge >= 0.3 is 0 Å². The minimum Gasteiger partial charge on any atom is -0.361 e. The molecule has 0 aliphatic carbocycles. The maximum absolute atomic E-state index is 5.19. The van der Waals surface area contributed by atoms with E-state index in [0.29, 0.717) is 6.54 Å². The van der Waals surface area contributed by atoms with Crippen LogP contribution in [0.3, 0.4) is 0 Å². The number of hydrogen-bond donors (Lipinski definition) is 1. The molecule has 8 heteroatoms. The zero-order chi connectivity index (χ0) is 20.8. The molecule has 3 heterocycles. The van der Waals surface area contributed by atoms with Gasteiger partial charge in [-0.2, -0.15) is 5.10 Å². The molecule has 2 aromatic heterocycles. The fourth-order valence-electron chi connectivity index (χ4n) is 3.99. The second kappa shape index (κ2) is 9.91. The van der Waals surface area contributed by atoms with Gasteiger partial charge in [0.15, 0.2) is 5.96 Å². The molecular weight excluding hydrogens is 366 g/mol. The van der Waals surface area contributed by atoms with Crippen molar-refractivity contribution in [3.8, 4) is 0 Å². The number of nitrogens with one attached hydrogen (secondary N) is 1. The van der Waals surface area contributed by atoms with Crippen LogP contribution in [0.25, 0.3) is 0 Å². The van der Waals surface area contributed by atoms with Crippen LogP contribution in [-0.4, -0.2) is 63.4 Å². The largest absolute Gasteiger partial charge is 0.361 e. The van der Waals surface area contributed by atoms with E-state index in [4.69, 9.17) is 9.52 Å². The number of rotatable bonds is 7. The first kappa shape index (κ1) is 21.4. The standard InChI is InChI=1S/C21H35N7O/c1-6-19-18(20(7-2)26(5)24-19)14-23-21(22-8-3)28-11-9-27(10-12-28)15-17-13-16(4)29-25-17/h13H,6-12,14-15H2,1-5H3,(H,22,23). The lowest BCUT2D eigenvalue weighted by Crippen LogP contribution is -2.52. The van der Waals surface area contributed by atoms with Crippen molar-refractivity contribution >= 4 is 5.96 Å². The zero-order valence-electron chi connectivity index (χ0n) is 18.5. The minimum atomic E-state index is 0.681. The number of aromatic nitrogens is 3. The second-order valence-electron chi connectivity index (χ2n) is 7.56. The highest BCUT2D eigenvalue weighted by Crippen LogP contribution is 2.17. The number of nitrogens with zero attached hydrogens (tertiary/aromatic N) is 6. The molecule has 0 saturated carbocycles. The van der Waals surface area contributed by atoms with Crippen molar-refractivity contribution in [2.45, 2.75) is 53.6 Å². The highest BCUT2D eigenvalue weighted by molar-refractivity contribution is 5.80. The fraction of sp³-hybridized carbons (Fsp3) is 0.667. The van der Waals surface area contributed by atoms with Crippen LogP contribution in [0, 0.1) is 6.92 Å². The van der Waals surface area contributed by atoms with E-state index in [9.17, 15) is 0 Å². The molecule has 1 fully saturated rings. The van der Waals surface area contributed by atoms with Crippen molar-refractivity contribution in [1.82, 2.24) is 30.1 Å². The molecule has 0 aromatic carbocycles. The molecule has 0 unspecified atom stereocenters. The molecule has 1 saturated heterocycles. The van der Waals surface area contributed by atoms with Gasteiger partial charge in [-0.05, 0) is 26.7 Å². The van der Waals surface area contributed by atoms with E-state index >= 15 is 0 Å². The van der Waals surface area contributed by atoms with Gasteiger partial charge < -0.3 is 14.7 Å². The molecular formula is C21H35N7O. The van der Waals surface area contributed by atoms with Gasteiger partial charge in [0, 0.05) is 63.6 Å². The SMILES string of the molecule is CCNC(=NCc1c(CC)nn(C)c1CC)N1CCN(Cc2cc(C)on2)CC1. The number of aryl methyl sites for hydroxylation is 3. The van der Waals surface area contributed by atoms with E-state index in [2.05, 4.69) is 46.1 Å². The van der Waals surface area contributed by atoms with Gasteiger partial charge in [-0.15, -0.1) is 0 Å². The van der Waals surface area contributed by atoms with Gasteiger partial charge in [0.25, 0.3) is 0 Å². The summed E-state index contributed by atoms with van der Waals surface area (Å²) in [5.74, 6) is 1.87. The molecule has 0 radical (unpaired) electrons. The molecule has 1 aliphatic heterocycles. The van der Waals surface area contributed by atoms with Crippen LogP contribution in [0.4, 0.5) is 0 Å². The Morgan fingerprint density at radius 1 is 1.17 bits per heavy atom. The first-order valence-electron chi connectivity index (χ1n) is 10.8. The van der Waals surface area contributed by atoms with Gasteiger partial charge in [0.05, 0.1) is 17.9 Å². The lowest BCUT2D eigenvalue weighted by Gasteiger charge is -2.36. The van der Waals surface area contributed by atoms with Crippen LogP contribution in [0.1, 0.15) is 49.2 Å². The van der Waals surface area contributed by atoms with E-state index in [1.807, 2.05) is 24.7 Å². The summed E-state index contributed by atoms with van der Waals surface area (Å²) in [5.41, 5.74) is 4.74. The highest BCUT2D eigenvalue weighted by Gasteiger charge is 2.21. The summed E-state index contributed by atoms with van der Waals surface area (Å²) in [4.78, 5) is 9.76. The highest BCUT2D eigenvalue weighted by atomic mass is 16.5. The summed E-state index contributed by atoms with van der Waals surface area (Å²) in [5, 5.41) is 12.3. The Morgan fingerprint density at radius 2 is 1.93 bits per heavy atom. The average Bonchev–Trinajstić information content (AvgIpc) is 3.27. The predicted molar refractivity (Wildman–Crippen MR) is 115 cm³/mol. The summed E-state index contributed by atoms with van der Waals surface area (Å²) in [6.07, 6.45) is 1.92. The monoisotopic (exact) mass is 401 g/mol. The lowest BCUT2D eigenvalue weighted by atomic mass is 10.1. The molecule has 1 aliphatic rings. The quantitative estimate of drug-likeness (QED) is 0.566. The molecule has 160 valence electrons. The Balaban J connectivity index is 1.64. The summed E-state index contributed by atoms with van der Waals surface area (Å²) in [7, 11) is 2.03. The smallest absolute Gasteiger partial charge is 0.194 e. The zero-order valence-corrected chi connectivity index (χ0v) is 18.5. The normalized spacial score (nSPS) is 15.9. The molecule has 8 nitrogen and oxygen atoms in total. The van der Waals surface area contributed by atoms with Crippen LogP contribution in [0.2, 0.25) is 0 Å². The number of guanidine groups is 1. The van der Waals surface area contributed by atoms with E-state index in [0.717, 1.165) is 75.2 Å². The maximum atomic E-state index is 5.19. The number of hydrogen-bond acceptors (Lipinski definition) is 5. The first-order valence-corrected chi connectivity index (χ1v) is 10.8. The molecule has 0 bridgehead atoms. The van der Waals surface area contributed by atoms with Gasteiger partial charge in [-0.3, -0.25) is 9.58 Å². The van der Waals surface area contributed by atoms with E-state index < -0.39 is 0 Å². The third-order valence-corrected chi connectivity index (χ3v) is 5.48. The molecule has 2 aromatic rings. The first-order chi connectivity index (χ1) is 14.0. The van der Waals surface area contributed by atoms with Crippen molar-refractivity contribution in [3.63, 3.8) is 0 Å². The molecule has 0 amide bonds. The summed E-state index contributed by atoms with van der Waals surface area (Å²) < 4.78 is 7.20. The van der Waals surface area contributed by atoms with Gasteiger partial charge in [0.2, 0.25) is 0 Å². The molecule has 3 rings (SSSR count). The molecule has 0 spiro atoms. The van der Waals surface area contributed by atoms with Crippen LogP contribution in [-0.2, 0) is 33.0 Å². The van der Waals surface area contributed by atoms with Gasteiger partial charge in [-0.25, -0.2) is 4.99 Å². The Hall–Kier alpha value is -2.35. The number of piperazine rings is 1. The summed E-state index contributed by atoms with van der Waals surface area (Å²) in [6.45, 7) is 14.7. The Bertz CT molecular complexity index is 815. The summed E-state index contributed by atoms with van der Waals surface area (Å²) in [6, 6.07) is 2.02. The molecule has 29 heavy (non-hydrogen) atoms. The van der Waals surface area contributed by atoms with Crippen molar-refractivity contribution in [1.29, 1.82) is 0 Å². The van der Waals surface area contributed by atoms with E-state index in [-0.39, 0.29) is 0 Å². The Morgan fingerprint density at radius 3 is 2.52 bits per heavy atom. The number of aliphatic imine (C=N–C) groups is 1. The lowest BCUT2D eigenvalue weighted by molar-refractivity contribution is 0.169. The van der Waals surface area contributed by atoms with Crippen molar-refractivity contribution in [2.24, 2.45) is 12.0 Å². The second-order valence-corrected chi connectivity index (χ2v) is 7.56. The van der Waals surface area contributed by atoms with Crippen LogP contribution >= 0.6 is 0 Å². The molecule has 1 N–H and O–H groups in total. The maximum Gasteiger partial charge on any atom is 0.194 e. The van der Waals surface area contributed by atoms with Gasteiger partial charge in [0.1, 0.15) is 5.76 Å². The van der Waals surface area contributed by atoms with E-state index in [1.165, 1.54) is 11.3 Å². The third kappa shape index (κ3) is 5.18. The minimum absolute atomic E-state index is 0.681. The van der Waals surface area contributed by atoms with Gasteiger partial charge in [-0.1, -0.05) is 19.0 Å². The predicted octanol–water partition coefficient (Wildman–Crippen LogP) is 2.12. The van der Waals surface area contributed by atoms with E-state index in [1.54, 1.807) is 0 Å². The molecule has 0 atom stereocenters. The van der Waals surface area contributed by atoms with Crippen molar-refractivity contribution in [2.75, 3.05) is 32.7 Å². The topological polar surface area (TPSA) is 74.7 Å². The van der Waals surface area contributed by atoms with Crippen molar-refractivity contribution < 1.29 is 4.52 Å².